The lowest BCUT2D eigenvalue weighted by Gasteiger charge is -2.02. The Bertz CT molecular complexity index is 900. The van der Waals surface area contributed by atoms with E-state index in [0.717, 1.165) is 28.3 Å². The van der Waals surface area contributed by atoms with E-state index in [2.05, 4.69) is 25.3 Å². The highest BCUT2D eigenvalue weighted by molar-refractivity contribution is 5.75. The summed E-state index contributed by atoms with van der Waals surface area (Å²) in [6, 6.07) is 13.4. The maximum atomic E-state index is 4.63. The smallest absolute Gasteiger partial charge is 0.139 e. The molecule has 0 aliphatic carbocycles. The molecule has 0 amide bonds. The number of hydrogen-bond acceptors (Lipinski definition) is 5. The lowest BCUT2D eigenvalue weighted by atomic mass is 10.2. The summed E-state index contributed by atoms with van der Waals surface area (Å²) in [6.45, 7) is 0. The first-order valence-corrected chi connectivity index (χ1v) is 6.46. The summed E-state index contributed by atoms with van der Waals surface area (Å²) >= 11 is 0. The topological polar surface area (TPSA) is 68.9 Å². The number of aromatic nitrogens is 6. The van der Waals surface area contributed by atoms with Crippen molar-refractivity contribution in [1.29, 1.82) is 0 Å². The maximum Gasteiger partial charge on any atom is 0.139 e. The van der Waals surface area contributed by atoms with Gasteiger partial charge >= 0.3 is 0 Å². The number of pyridine rings is 2. The summed E-state index contributed by atoms with van der Waals surface area (Å²) in [6.07, 6.45) is 5.07. The zero-order valence-corrected chi connectivity index (χ0v) is 11.0. The molecule has 4 aromatic rings. The average Bonchev–Trinajstić information content (AvgIpc) is 3.00. The second-order valence-corrected chi connectivity index (χ2v) is 4.47. The van der Waals surface area contributed by atoms with Crippen molar-refractivity contribution in [2.75, 3.05) is 0 Å². The summed E-state index contributed by atoms with van der Waals surface area (Å²) < 4.78 is 1.73. The third-order valence-corrected chi connectivity index (χ3v) is 3.16. The van der Waals surface area contributed by atoms with E-state index < -0.39 is 0 Å². The third-order valence-electron chi connectivity index (χ3n) is 3.16. The SMILES string of the molecule is c1cc(-c2ccncn2)nc(-c2nnn3ccccc23)c1. The molecular formula is C15H10N6. The van der Waals surface area contributed by atoms with E-state index in [9.17, 15) is 0 Å². The van der Waals surface area contributed by atoms with Crippen molar-refractivity contribution in [2.24, 2.45) is 0 Å². The quantitative estimate of drug-likeness (QED) is 0.560. The van der Waals surface area contributed by atoms with Crippen molar-refractivity contribution in [3.05, 3.63) is 61.2 Å². The van der Waals surface area contributed by atoms with Crippen molar-refractivity contribution < 1.29 is 0 Å². The van der Waals surface area contributed by atoms with Crippen molar-refractivity contribution in [3.63, 3.8) is 0 Å². The molecule has 0 N–H and O–H groups in total. The van der Waals surface area contributed by atoms with Gasteiger partial charge in [0, 0.05) is 12.4 Å². The van der Waals surface area contributed by atoms with Gasteiger partial charge in [-0.3, -0.25) is 0 Å². The second kappa shape index (κ2) is 4.75. The molecule has 100 valence electrons. The Hall–Kier alpha value is -3.15. The molecule has 0 bridgehead atoms. The zero-order chi connectivity index (χ0) is 14.1. The predicted molar refractivity (Wildman–Crippen MR) is 77.2 cm³/mol. The van der Waals surface area contributed by atoms with E-state index in [1.54, 1.807) is 10.7 Å². The van der Waals surface area contributed by atoms with Gasteiger partial charge in [-0.1, -0.05) is 17.3 Å². The lowest BCUT2D eigenvalue weighted by molar-refractivity contribution is 0.856. The largest absolute Gasteiger partial charge is 0.245 e. The standard InChI is InChI=1S/C15H10N6/c1-2-9-21-14(6-1)15(19-20-21)13-5-3-4-12(18-13)11-7-8-16-10-17-11/h1-10H. The zero-order valence-electron chi connectivity index (χ0n) is 11.0. The van der Waals surface area contributed by atoms with Crippen LogP contribution in [0, 0.1) is 0 Å². The van der Waals surface area contributed by atoms with Gasteiger partial charge in [-0.05, 0) is 30.3 Å². The fourth-order valence-corrected chi connectivity index (χ4v) is 2.18. The minimum Gasteiger partial charge on any atom is -0.245 e. The van der Waals surface area contributed by atoms with E-state index in [-0.39, 0.29) is 0 Å². The van der Waals surface area contributed by atoms with Crippen LogP contribution in [0.5, 0.6) is 0 Å². The normalized spacial score (nSPS) is 10.9. The number of nitrogens with zero attached hydrogens (tertiary/aromatic N) is 6. The van der Waals surface area contributed by atoms with Gasteiger partial charge in [-0.15, -0.1) is 5.10 Å². The van der Waals surface area contributed by atoms with Gasteiger partial charge in [0.1, 0.15) is 12.0 Å². The molecule has 0 fully saturated rings. The summed E-state index contributed by atoms with van der Waals surface area (Å²) in [5, 5.41) is 8.32. The molecule has 21 heavy (non-hydrogen) atoms. The first kappa shape index (κ1) is 11.7. The van der Waals surface area contributed by atoms with Gasteiger partial charge in [0.25, 0.3) is 0 Å². The van der Waals surface area contributed by atoms with E-state index in [4.69, 9.17) is 0 Å². The van der Waals surface area contributed by atoms with Crippen molar-refractivity contribution in [2.45, 2.75) is 0 Å². The Morgan fingerprint density at radius 1 is 0.857 bits per heavy atom. The van der Waals surface area contributed by atoms with Crippen LogP contribution in [0.15, 0.2) is 61.2 Å². The third kappa shape index (κ3) is 2.02. The molecule has 0 spiro atoms. The minimum absolute atomic E-state index is 0.756. The first-order valence-electron chi connectivity index (χ1n) is 6.46. The Kier molecular flexibility index (Phi) is 2.64. The minimum atomic E-state index is 0.756. The molecule has 0 aromatic carbocycles. The molecular weight excluding hydrogens is 264 g/mol. The summed E-state index contributed by atoms with van der Waals surface area (Å²) in [5.74, 6) is 0. The van der Waals surface area contributed by atoms with E-state index in [1.165, 1.54) is 6.33 Å². The molecule has 0 saturated heterocycles. The molecule has 0 atom stereocenters. The number of hydrogen-bond donors (Lipinski definition) is 0. The molecule has 4 aromatic heterocycles. The Labute approximate surface area is 120 Å². The highest BCUT2D eigenvalue weighted by atomic mass is 15.4. The van der Waals surface area contributed by atoms with Crippen LogP contribution in [0.2, 0.25) is 0 Å². The van der Waals surface area contributed by atoms with Crippen LogP contribution in [0.4, 0.5) is 0 Å². The maximum absolute atomic E-state index is 4.63. The molecule has 4 rings (SSSR count). The lowest BCUT2D eigenvalue weighted by Crippen LogP contribution is -1.91. The highest BCUT2D eigenvalue weighted by Crippen LogP contribution is 2.22. The Morgan fingerprint density at radius 2 is 1.81 bits per heavy atom. The molecule has 4 heterocycles. The fraction of sp³-hybridized carbons (Fsp3) is 0. The van der Waals surface area contributed by atoms with Gasteiger partial charge < -0.3 is 0 Å². The molecule has 0 aliphatic heterocycles. The van der Waals surface area contributed by atoms with Crippen LogP contribution in [0.3, 0.4) is 0 Å². The van der Waals surface area contributed by atoms with Gasteiger partial charge in [-0.2, -0.15) is 0 Å². The van der Waals surface area contributed by atoms with Gasteiger partial charge in [0.05, 0.1) is 22.6 Å². The Balaban J connectivity index is 1.87. The highest BCUT2D eigenvalue weighted by Gasteiger charge is 2.10. The van der Waals surface area contributed by atoms with Crippen LogP contribution >= 0.6 is 0 Å². The molecule has 0 aliphatic rings. The molecule has 0 saturated carbocycles. The van der Waals surface area contributed by atoms with Crippen molar-refractivity contribution >= 4 is 5.52 Å². The number of rotatable bonds is 2. The van der Waals surface area contributed by atoms with Crippen LogP contribution in [0.25, 0.3) is 28.3 Å². The average molecular weight is 274 g/mol. The predicted octanol–water partition coefficient (Wildman–Crippen LogP) is 2.25. The Morgan fingerprint density at radius 3 is 2.71 bits per heavy atom. The summed E-state index contributed by atoms with van der Waals surface area (Å²) in [4.78, 5) is 12.8. The van der Waals surface area contributed by atoms with Crippen LogP contribution in [-0.4, -0.2) is 29.8 Å². The first-order chi connectivity index (χ1) is 10.4. The monoisotopic (exact) mass is 274 g/mol. The van der Waals surface area contributed by atoms with E-state index in [1.807, 2.05) is 48.7 Å². The summed E-state index contributed by atoms with van der Waals surface area (Å²) in [5.41, 5.74) is 4.01. The molecule has 0 radical (unpaired) electrons. The van der Waals surface area contributed by atoms with Gasteiger partial charge in [-0.25, -0.2) is 19.5 Å². The molecule has 6 heteroatoms. The molecule has 6 nitrogen and oxygen atoms in total. The van der Waals surface area contributed by atoms with Gasteiger partial charge in [0.2, 0.25) is 0 Å². The van der Waals surface area contributed by atoms with Crippen LogP contribution in [-0.2, 0) is 0 Å². The second-order valence-electron chi connectivity index (χ2n) is 4.47. The van der Waals surface area contributed by atoms with Crippen LogP contribution < -0.4 is 0 Å². The fourth-order valence-electron chi connectivity index (χ4n) is 2.18. The van der Waals surface area contributed by atoms with Crippen molar-refractivity contribution in [1.82, 2.24) is 29.8 Å². The van der Waals surface area contributed by atoms with E-state index in [0.29, 0.717) is 0 Å². The van der Waals surface area contributed by atoms with Crippen LogP contribution in [0.1, 0.15) is 0 Å². The van der Waals surface area contributed by atoms with Gasteiger partial charge in [0.15, 0.2) is 0 Å². The van der Waals surface area contributed by atoms with E-state index >= 15 is 0 Å². The summed E-state index contributed by atoms with van der Waals surface area (Å²) in [7, 11) is 0. The molecule has 0 unspecified atom stereocenters. The van der Waals surface area contributed by atoms with Crippen molar-refractivity contribution in [3.8, 4) is 22.8 Å². The number of fused-ring (bicyclic) bond motifs is 1.